The maximum atomic E-state index is 12.7. The van der Waals surface area contributed by atoms with E-state index in [1.165, 1.54) is 5.56 Å². The Hall–Kier alpha value is -2.82. The Morgan fingerprint density at radius 1 is 0.786 bits per heavy atom. The molecule has 0 fully saturated rings. The average molecular weight is 383 g/mol. The van der Waals surface area contributed by atoms with Crippen LogP contribution in [0.3, 0.4) is 0 Å². The third-order valence-electron chi connectivity index (χ3n) is 4.45. The summed E-state index contributed by atoms with van der Waals surface area (Å²) in [4.78, 5) is 25.3. The van der Waals surface area contributed by atoms with Crippen LogP contribution in [0.2, 0.25) is 0 Å². The number of rotatable bonds is 7. The molecule has 0 radical (unpaired) electrons. The van der Waals surface area contributed by atoms with Gasteiger partial charge >= 0.3 is 0 Å². The van der Waals surface area contributed by atoms with Gasteiger partial charge in [0.05, 0.1) is 6.10 Å². The Labute approximate surface area is 167 Å². The zero-order chi connectivity index (χ0) is 20.9. The van der Waals surface area contributed by atoms with Crippen molar-refractivity contribution in [3.63, 3.8) is 0 Å². The van der Waals surface area contributed by atoms with Crippen molar-refractivity contribution in [1.82, 2.24) is 0 Å². The molecule has 5 nitrogen and oxygen atoms in total. The minimum Gasteiger partial charge on any atom is -0.491 e. The molecule has 5 heteroatoms. The van der Waals surface area contributed by atoms with Gasteiger partial charge in [0.2, 0.25) is 11.8 Å². The van der Waals surface area contributed by atoms with Crippen LogP contribution < -0.4 is 15.4 Å². The average Bonchev–Trinajstić information content (AvgIpc) is 2.63. The summed E-state index contributed by atoms with van der Waals surface area (Å²) in [7, 11) is 0. The maximum absolute atomic E-state index is 12.7. The minimum absolute atomic E-state index is 0.0812. The first-order chi connectivity index (χ1) is 13.1. The van der Waals surface area contributed by atoms with E-state index in [0.29, 0.717) is 17.3 Å². The summed E-state index contributed by atoms with van der Waals surface area (Å²) >= 11 is 0. The molecule has 0 unspecified atom stereocenters. The molecule has 28 heavy (non-hydrogen) atoms. The van der Waals surface area contributed by atoms with Crippen molar-refractivity contribution in [2.75, 3.05) is 10.6 Å². The van der Waals surface area contributed by atoms with Crippen molar-refractivity contribution in [1.29, 1.82) is 0 Å². The molecular weight excluding hydrogens is 352 g/mol. The first-order valence-corrected chi connectivity index (χ1v) is 9.59. The van der Waals surface area contributed by atoms with E-state index < -0.39 is 5.41 Å². The van der Waals surface area contributed by atoms with Crippen LogP contribution in [0, 0.1) is 5.41 Å². The first-order valence-electron chi connectivity index (χ1n) is 9.59. The van der Waals surface area contributed by atoms with Crippen molar-refractivity contribution in [3.05, 3.63) is 54.1 Å². The van der Waals surface area contributed by atoms with Gasteiger partial charge in [-0.2, -0.15) is 0 Å². The molecule has 0 aliphatic carbocycles. The lowest BCUT2D eigenvalue weighted by atomic mass is 9.90. The SMILES string of the molecule is CC(C)Oc1ccc(NC(=O)C(C)(C)C(=O)Nc2ccc(C(C)C)cc2)cc1. The lowest BCUT2D eigenvalue weighted by molar-refractivity contribution is -0.135. The smallest absolute Gasteiger partial charge is 0.239 e. The van der Waals surface area contributed by atoms with Crippen LogP contribution >= 0.6 is 0 Å². The molecule has 2 aromatic carbocycles. The van der Waals surface area contributed by atoms with Crippen LogP contribution in [0.1, 0.15) is 53.0 Å². The van der Waals surface area contributed by atoms with Gasteiger partial charge < -0.3 is 15.4 Å². The summed E-state index contributed by atoms with van der Waals surface area (Å²) in [6.07, 6.45) is 0.0812. The standard InChI is InChI=1S/C23H30N2O3/c1-15(2)17-7-9-18(10-8-17)24-21(26)23(5,6)22(27)25-19-11-13-20(14-12-19)28-16(3)4/h7-16H,1-6H3,(H,24,26)(H,25,27). The Morgan fingerprint density at radius 3 is 1.61 bits per heavy atom. The molecule has 0 atom stereocenters. The monoisotopic (exact) mass is 382 g/mol. The zero-order valence-electron chi connectivity index (χ0n) is 17.5. The van der Waals surface area contributed by atoms with Gasteiger partial charge in [-0.3, -0.25) is 9.59 Å². The van der Waals surface area contributed by atoms with Gasteiger partial charge in [-0.1, -0.05) is 26.0 Å². The highest BCUT2D eigenvalue weighted by Gasteiger charge is 2.36. The molecule has 2 aromatic rings. The molecule has 0 saturated heterocycles. The number of amides is 2. The fourth-order valence-electron chi connectivity index (χ4n) is 2.52. The molecule has 0 heterocycles. The van der Waals surface area contributed by atoms with Gasteiger partial charge in [0.15, 0.2) is 0 Å². The quantitative estimate of drug-likeness (QED) is 0.647. The summed E-state index contributed by atoms with van der Waals surface area (Å²) < 4.78 is 5.59. The van der Waals surface area contributed by atoms with Crippen molar-refractivity contribution in [2.45, 2.75) is 53.6 Å². The lowest BCUT2D eigenvalue weighted by Gasteiger charge is -2.23. The minimum atomic E-state index is -1.23. The van der Waals surface area contributed by atoms with Crippen LogP contribution in [0.5, 0.6) is 5.75 Å². The Bertz CT molecular complexity index is 807. The van der Waals surface area contributed by atoms with Crippen molar-refractivity contribution >= 4 is 23.2 Å². The van der Waals surface area contributed by atoms with E-state index >= 15 is 0 Å². The molecule has 2 N–H and O–H groups in total. The lowest BCUT2D eigenvalue weighted by Crippen LogP contribution is -2.41. The number of nitrogens with one attached hydrogen (secondary N) is 2. The predicted molar refractivity (Wildman–Crippen MR) is 114 cm³/mol. The fourth-order valence-corrected chi connectivity index (χ4v) is 2.52. The number of carbonyl (C=O) groups is 2. The number of anilines is 2. The highest BCUT2D eigenvalue weighted by Crippen LogP contribution is 2.24. The van der Waals surface area contributed by atoms with Crippen LogP contribution in [0.4, 0.5) is 11.4 Å². The zero-order valence-corrected chi connectivity index (χ0v) is 17.5. The van der Waals surface area contributed by atoms with E-state index in [-0.39, 0.29) is 17.9 Å². The molecule has 0 bridgehead atoms. The number of hydrogen-bond acceptors (Lipinski definition) is 3. The molecule has 0 aliphatic heterocycles. The highest BCUT2D eigenvalue weighted by atomic mass is 16.5. The highest BCUT2D eigenvalue weighted by molar-refractivity contribution is 6.14. The molecule has 0 saturated carbocycles. The number of ether oxygens (including phenoxy) is 1. The molecule has 150 valence electrons. The number of benzene rings is 2. The maximum Gasteiger partial charge on any atom is 0.239 e. The number of hydrogen-bond donors (Lipinski definition) is 2. The van der Waals surface area contributed by atoms with E-state index in [4.69, 9.17) is 4.74 Å². The van der Waals surface area contributed by atoms with Crippen LogP contribution in [-0.2, 0) is 9.59 Å². The van der Waals surface area contributed by atoms with Crippen LogP contribution in [0.15, 0.2) is 48.5 Å². The normalized spacial score (nSPS) is 11.4. The van der Waals surface area contributed by atoms with E-state index in [9.17, 15) is 9.59 Å². The van der Waals surface area contributed by atoms with Gasteiger partial charge in [0.1, 0.15) is 11.2 Å². The Balaban J connectivity index is 2.01. The fraction of sp³-hybridized carbons (Fsp3) is 0.391. The van der Waals surface area contributed by atoms with Crippen molar-refractivity contribution in [3.8, 4) is 5.75 Å². The molecular formula is C23H30N2O3. The van der Waals surface area contributed by atoms with E-state index in [0.717, 1.165) is 5.75 Å². The molecule has 0 aromatic heterocycles. The third kappa shape index (κ3) is 5.59. The van der Waals surface area contributed by atoms with Gasteiger partial charge in [0, 0.05) is 11.4 Å². The van der Waals surface area contributed by atoms with Gasteiger partial charge in [0.25, 0.3) is 0 Å². The summed E-state index contributed by atoms with van der Waals surface area (Å²) in [6, 6.07) is 14.8. The predicted octanol–water partition coefficient (Wildman–Crippen LogP) is 5.20. The number of carbonyl (C=O) groups excluding carboxylic acids is 2. The van der Waals surface area contributed by atoms with E-state index in [2.05, 4.69) is 24.5 Å². The molecule has 0 aliphatic rings. The second-order valence-electron chi connectivity index (χ2n) is 8.00. The summed E-state index contributed by atoms with van der Waals surface area (Å²) in [5.41, 5.74) is 1.25. The largest absolute Gasteiger partial charge is 0.491 e. The van der Waals surface area contributed by atoms with Crippen molar-refractivity contribution in [2.24, 2.45) is 5.41 Å². The van der Waals surface area contributed by atoms with Gasteiger partial charge in [-0.25, -0.2) is 0 Å². The van der Waals surface area contributed by atoms with Crippen LogP contribution in [-0.4, -0.2) is 17.9 Å². The van der Waals surface area contributed by atoms with Gasteiger partial charge in [-0.05, 0) is 75.6 Å². The Kier molecular flexibility index (Phi) is 6.84. The summed E-state index contributed by atoms with van der Waals surface area (Å²) in [5.74, 6) is 0.419. The van der Waals surface area contributed by atoms with E-state index in [1.54, 1.807) is 38.1 Å². The molecule has 0 spiro atoms. The summed E-state index contributed by atoms with van der Waals surface area (Å²) in [6.45, 7) is 11.3. The first kappa shape index (κ1) is 21.5. The second kappa shape index (κ2) is 8.91. The van der Waals surface area contributed by atoms with Crippen molar-refractivity contribution < 1.29 is 14.3 Å². The van der Waals surface area contributed by atoms with Gasteiger partial charge in [-0.15, -0.1) is 0 Å². The Morgan fingerprint density at radius 2 is 1.21 bits per heavy atom. The third-order valence-corrected chi connectivity index (χ3v) is 4.45. The summed E-state index contributed by atoms with van der Waals surface area (Å²) in [5, 5.41) is 5.62. The molecule has 2 amide bonds. The second-order valence-corrected chi connectivity index (χ2v) is 8.00. The molecule has 2 rings (SSSR count). The topological polar surface area (TPSA) is 67.4 Å². The van der Waals surface area contributed by atoms with Crippen LogP contribution in [0.25, 0.3) is 0 Å². The van der Waals surface area contributed by atoms with E-state index in [1.807, 2.05) is 38.1 Å².